The molecular formula is C54H69BrN4O11. The summed E-state index contributed by atoms with van der Waals surface area (Å²) < 4.78 is 25.2. The molecule has 1 saturated heterocycles. The summed E-state index contributed by atoms with van der Waals surface area (Å²) in [6, 6.07) is 3.21. The third-order valence-electron chi connectivity index (χ3n) is 15.0. The Balaban J connectivity index is 1.43. The molecule has 1 aromatic heterocycles. The molecule has 5 heterocycles. The summed E-state index contributed by atoms with van der Waals surface area (Å²) in [5.74, 6) is -4.51. The van der Waals surface area contributed by atoms with Gasteiger partial charge in [-0.1, -0.05) is 89.5 Å². The summed E-state index contributed by atoms with van der Waals surface area (Å²) in [6.45, 7) is 24.8. The number of carbonyl (C=O) groups is 2. The van der Waals surface area contributed by atoms with Crippen molar-refractivity contribution >= 4 is 77.9 Å². The molecule has 15 nitrogen and oxygen atoms in total. The van der Waals surface area contributed by atoms with Crippen molar-refractivity contribution in [1.82, 2.24) is 9.88 Å². The minimum atomic E-state index is -1.85. The van der Waals surface area contributed by atoms with E-state index in [-0.39, 0.29) is 96.8 Å². The Kier molecular flexibility index (Phi) is 15.8. The number of anilines is 2. The third kappa shape index (κ3) is 10.2. The number of rotatable bonds is 7. The zero-order valence-electron chi connectivity index (χ0n) is 42.2. The number of esters is 1. The van der Waals surface area contributed by atoms with Gasteiger partial charge in [-0.2, -0.15) is 0 Å². The maximum atomic E-state index is 15.0. The predicted octanol–water partition coefficient (Wildman–Crippen LogP) is 8.39. The van der Waals surface area contributed by atoms with Gasteiger partial charge in [-0.25, -0.2) is 4.98 Å². The molecule has 1 fully saturated rings. The first-order valence-corrected chi connectivity index (χ1v) is 25.7. The molecule has 0 saturated carbocycles. The van der Waals surface area contributed by atoms with Crippen molar-refractivity contribution < 1.29 is 43.5 Å². The smallest absolute Gasteiger partial charge is 0.307 e. The Bertz CT molecular complexity index is 2940. The van der Waals surface area contributed by atoms with Crippen LogP contribution in [0.4, 0.5) is 11.4 Å². The van der Waals surface area contributed by atoms with Crippen LogP contribution in [0.3, 0.4) is 0 Å². The number of carbonyl (C=O) groups excluding carboxylic acids is 2. The number of phenolic OH excluding ortho intramolecular Hbond substituents is 1. The topological polar surface area (TPSA) is 201 Å². The summed E-state index contributed by atoms with van der Waals surface area (Å²) in [4.78, 5) is 65.7. The second-order valence-corrected chi connectivity index (χ2v) is 21.2. The van der Waals surface area contributed by atoms with E-state index < -0.39 is 58.1 Å². The maximum Gasteiger partial charge on any atom is 0.307 e. The normalized spacial score (nSPS) is 29.0. The molecule has 16 heteroatoms. The van der Waals surface area contributed by atoms with Gasteiger partial charge in [0.25, 0.3) is 5.91 Å². The summed E-state index contributed by atoms with van der Waals surface area (Å²) in [7, 11) is 0. The highest BCUT2D eigenvalue weighted by molar-refractivity contribution is 9.09. The Hall–Kier alpha value is -5.45. The number of amides is 1. The first kappa shape index (κ1) is 52.4. The fraction of sp³-hybridized carbons (Fsp3) is 0.537. The van der Waals surface area contributed by atoms with E-state index in [0.29, 0.717) is 36.4 Å². The zero-order chi connectivity index (χ0) is 51.1. The zero-order valence-corrected chi connectivity index (χ0v) is 43.8. The Labute approximate surface area is 417 Å². The summed E-state index contributed by atoms with van der Waals surface area (Å²) in [5, 5.41) is 39.1. The fourth-order valence-electron chi connectivity index (χ4n) is 10.1. The molecule has 5 bridgehead atoms. The molecule has 9 atom stereocenters. The van der Waals surface area contributed by atoms with Crippen LogP contribution in [0.15, 0.2) is 62.3 Å². The third-order valence-corrected chi connectivity index (χ3v) is 15.6. The number of ether oxygens (including phenoxy) is 3. The van der Waals surface area contributed by atoms with Crippen molar-refractivity contribution in [2.24, 2.45) is 41.4 Å². The second-order valence-electron chi connectivity index (χ2n) is 20.4. The molecule has 4 aromatic rings. The van der Waals surface area contributed by atoms with Gasteiger partial charge in [0.1, 0.15) is 28.8 Å². The molecule has 70 heavy (non-hydrogen) atoms. The van der Waals surface area contributed by atoms with E-state index in [0.717, 1.165) is 19.6 Å². The maximum absolute atomic E-state index is 15.0. The van der Waals surface area contributed by atoms with Gasteiger partial charge in [0.2, 0.25) is 10.9 Å². The molecule has 378 valence electrons. The number of allylic oxidation sites excluding steroid dienone is 3. The van der Waals surface area contributed by atoms with Crippen LogP contribution in [0.1, 0.15) is 87.6 Å². The van der Waals surface area contributed by atoms with Crippen molar-refractivity contribution in [2.75, 3.05) is 48.3 Å². The Morgan fingerprint density at radius 1 is 0.943 bits per heavy atom. The van der Waals surface area contributed by atoms with Crippen molar-refractivity contribution in [2.45, 2.75) is 107 Å². The van der Waals surface area contributed by atoms with Gasteiger partial charge in [0, 0.05) is 97.6 Å². The van der Waals surface area contributed by atoms with Gasteiger partial charge in [-0.15, -0.1) is 0 Å². The highest BCUT2D eigenvalue weighted by Gasteiger charge is 2.44. The number of phenols is 1. The lowest BCUT2D eigenvalue weighted by Gasteiger charge is -2.38. The van der Waals surface area contributed by atoms with E-state index in [1.807, 2.05) is 39.8 Å². The van der Waals surface area contributed by atoms with Crippen LogP contribution in [0.2, 0.25) is 0 Å². The van der Waals surface area contributed by atoms with Gasteiger partial charge >= 0.3 is 11.8 Å². The van der Waals surface area contributed by atoms with E-state index in [4.69, 9.17) is 23.6 Å². The van der Waals surface area contributed by atoms with E-state index in [1.54, 1.807) is 25.1 Å². The van der Waals surface area contributed by atoms with E-state index in [2.05, 4.69) is 58.7 Å². The number of fused-ring (bicyclic) bond motifs is 14. The molecule has 4 N–H and O–H groups in total. The van der Waals surface area contributed by atoms with Crippen molar-refractivity contribution in [3.8, 4) is 11.5 Å². The monoisotopic (exact) mass is 1030 g/mol. The summed E-state index contributed by atoms with van der Waals surface area (Å²) >= 11 is 3.39. The molecule has 1 amide bonds. The summed E-state index contributed by atoms with van der Waals surface area (Å²) in [6.07, 6.45) is 7.55. The first-order chi connectivity index (χ1) is 33.1. The average Bonchev–Trinajstić information content (AvgIpc) is 3.59. The van der Waals surface area contributed by atoms with Crippen LogP contribution in [0, 0.1) is 48.3 Å². The number of halogens is 1. The highest BCUT2D eigenvalue weighted by atomic mass is 79.9. The molecule has 8 rings (SSSR count). The number of piperazine rings is 1. The molecule has 0 radical (unpaired) electrons. The van der Waals surface area contributed by atoms with Crippen LogP contribution in [-0.4, -0.2) is 93.1 Å². The van der Waals surface area contributed by atoms with E-state index >= 15 is 0 Å². The largest absolute Gasteiger partial charge is 0.507 e. The number of aromatic hydroxyl groups is 1. The number of aliphatic hydroxyl groups excluding tert-OH is 2. The number of benzene rings is 3. The minimum Gasteiger partial charge on any atom is -0.507 e. The number of aromatic nitrogens is 1. The Morgan fingerprint density at radius 2 is 1.64 bits per heavy atom. The highest BCUT2D eigenvalue weighted by Crippen LogP contribution is 2.43. The van der Waals surface area contributed by atoms with Gasteiger partial charge in [0.05, 0.1) is 23.0 Å². The number of hydrogen-bond acceptors (Lipinski definition) is 14. The minimum absolute atomic E-state index is 0.00966. The average molecular weight is 1030 g/mol. The number of alkyl halides is 1. The van der Waals surface area contributed by atoms with E-state index in [9.17, 15) is 34.5 Å². The number of nitrogens with zero attached hydrogens (tertiary/aromatic N) is 3. The van der Waals surface area contributed by atoms with Crippen molar-refractivity contribution in [3.05, 3.63) is 79.5 Å². The standard InChI is InChI=1S/C54H69BrN4O11/c1-27(2)26-58-19-21-59(22-20-58)36-24-37(60)43-38(25-36)68-51-44(56-43)40-41-47(63)35(10)50-42(40)52(65)54(11,70-50)67-23-17-28(3)31(6)32(7)33(8)46(62)34(9)49(69-39(61)16-13-18-55)29(4)14-12-15-30(5)53(66)57-45(51)48(41)64/h12,14-15,17,23-25,27-29,31-34,46,49,62-63,65H,13,16,18-22,26H2,1-11H3,(H,57,66)/b14-12+,23-17+,30-15-/t28-,29-,31+,32+,33-,34-,46-,49-,54-/m0/s1. The lowest BCUT2D eigenvalue weighted by molar-refractivity contribution is -0.157. The molecule has 0 spiro atoms. The number of hydrogen-bond donors (Lipinski definition) is 4. The Morgan fingerprint density at radius 3 is 2.31 bits per heavy atom. The number of nitrogens with one attached hydrogen (secondary N) is 1. The van der Waals surface area contributed by atoms with Crippen LogP contribution < -0.4 is 31.0 Å². The first-order valence-electron chi connectivity index (χ1n) is 24.6. The molecule has 4 aliphatic heterocycles. The molecule has 0 unspecified atom stereocenters. The molecule has 0 aliphatic carbocycles. The van der Waals surface area contributed by atoms with Gasteiger partial charge < -0.3 is 44.2 Å². The lowest BCUT2D eigenvalue weighted by Crippen LogP contribution is -2.47. The van der Waals surface area contributed by atoms with Crippen LogP contribution >= 0.6 is 15.9 Å². The van der Waals surface area contributed by atoms with Crippen molar-refractivity contribution in [3.63, 3.8) is 0 Å². The predicted molar refractivity (Wildman–Crippen MR) is 277 cm³/mol. The van der Waals surface area contributed by atoms with Crippen molar-refractivity contribution in [1.29, 1.82) is 0 Å². The van der Waals surface area contributed by atoms with Crippen LogP contribution in [0.25, 0.3) is 38.7 Å². The van der Waals surface area contributed by atoms with Gasteiger partial charge in [-0.3, -0.25) is 24.1 Å². The molecule has 4 aliphatic rings. The van der Waals surface area contributed by atoms with E-state index in [1.165, 1.54) is 26.2 Å². The molecular weight excluding hydrogens is 961 g/mol. The fourth-order valence-corrected chi connectivity index (χ4v) is 10.4. The number of aliphatic hydroxyl groups is 2. The van der Waals surface area contributed by atoms with Gasteiger partial charge in [-0.05, 0) is 55.9 Å². The quantitative estimate of drug-likeness (QED) is 0.0595. The van der Waals surface area contributed by atoms with Crippen LogP contribution in [-0.2, 0) is 19.1 Å². The second kappa shape index (κ2) is 21.1. The lowest BCUT2D eigenvalue weighted by atomic mass is 9.72. The van der Waals surface area contributed by atoms with Crippen LogP contribution in [0.5, 0.6) is 11.5 Å². The van der Waals surface area contributed by atoms with Gasteiger partial charge in [0.15, 0.2) is 22.4 Å². The molecule has 3 aromatic carbocycles. The summed E-state index contributed by atoms with van der Waals surface area (Å²) in [5.41, 5.74) is -0.997. The SMILES string of the molecule is C/C1=C/C=C/[C@H](C)[C@H](OC(=O)CCCBr)[C@@H](C)[C@@H](O)[C@@H](C)[C@H](C)[C@H](C)[C@@H](C)/C=C/O[C@@]2(C)Oc3c(C)c(O)c4c(=O)c(c5oc6cc(N7CCN(CC(C)C)CC7)cc(=O)c6nc5c4c3=C2O)NC1=O.